The van der Waals surface area contributed by atoms with E-state index in [2.05, 4.69) is 9.80 Å². The summed E-state index contributed by atoms with van der Waals surface area (Å²) in [5, 5.41) is 0. The van der Waals surface area contributed by atoms with E-state index in [1.807, 2.05) is 25.1 Å². The van der Waals surface area contributed by atoms with Crippen LogP contribution >= 0.6 is 0 Å². The molecule has 4 nitrogen and oxygen atoms in total. The number of carbonyl (C=O) groups is 1. The first kappa shape index (κ1) is 13.7. The molecule has 1 saturated heterocycles. The summed E-state index contributed by atoms with van der Waals surface area (Å²) in [5.74, 6) is 0.198. The minimum Gasteiger partial charge on any atom is -0.366 e. The van der Waals surface area contributed by atoms with Crippen molar-refractivity contribution in [3.05, 3.63) is 40.6 Å². The molecule has 19 heavy (non-hydrogen) atoms. The fraction of sp³-hybridized carbons (Fsp3) is 0.467. The Bertz CT molecular complexity index is 508. The normalized spacial score (nSPS) is 18.1. The molecule has 1 fully saturated rings. The maximum atomic E-state index is 11.9. The summed E-state index contributed by atoms with van der Waals surface area (Å²) >= 11 is 0. The van der Waals surface area contributed by atoms with E-state index in [-0.39, 0.29) is 17.3 Å². The van der Waals surface area contributed by atoms with Gasteiger partial charge in [-0.15, -0.1) is 0 Å². The van der Waals surface area contributed by atoms with Crippen LogP contribution in [0.5, 0.6) is 0 Å². The van der Waals surface area contributed by atoms with E-state index in [0.29, 0.717) is 0 Å². The molecule has 1 atom stereocenters. The SMILES string of the molecule is CC(=O)C(C)N1CCN(c2cccccc2=O)CC1. The zero-order valence-corrected chi connectivity index (χ0v) is 11.5. The van der Waals surface area contributed by atoms with Gasteiger partial charge in [0.1, 0.15) is 5.78 Å². The van der Waals surface area contributed by atoms with Gasteiger partial charge < -0.3 is 4.90 Å². The van der Waals surface area contributed by atoms with Crippen LogP contribution < -0.4 is 10.3 Å². The monoisotopic (exact) mass is 260 g/mol. The first-order valence-electron chi connectivity index (χ1n) is 6.68. The molecule has 0 aliphatic carbocycles. The van der Waals surface area contributed by atoms with Crippen LogP contribution in [0.15, 0.2) is 35.1 Å². The van der Waals surface area contributed by atoms with Gasteiger partial charge >= 0.3 is 0 Å². The first-order valence-corrected chi connectivity index (χ1v) is 6.68. The maximum Gasteiger partial charge on any atom is 0.201 e. The van der Waals surface area contributed by atoms with Crippen molar-refractivity contribution in [3.8, 4) is 0 Å². The highest BCUT2D eigenvalue weighted by atomic mass is 16.1. The molecule has 1 aromatic carbocycles. The Balaban J connectivity index is 2.07. The lowest BCUT2D eigenvalue weighted by molar-refractivity contribution is -0.121. The number of piperazine rings is 1. The Morgan fingerprint density at radius 2 is 1.74 bits per heavy atom. The molecule has 0 radical (unpaired) electrons. The minimum absolute atomic E-state index is 0.0271. The van der Waals surface area contributed by atoms with Gasteiger partial charge in [-0.25, -0.2) is 0 Å². The van der Waals surface area contributed by atoms with Crippen LogP contribution in [0, 0.1) is 0 Å². The van der Waals surface area contributed by atoms with E-state index >= 15 is 0 Å². The standard InChI is InChI=1S/C15H20N2O2/c1-12(13(2)18)16-8-10-17(11-9-16)14-6-4-3-5-7-15(14)19/h3-7,12H,8-11H2,1-2H3. The van der Waals surface area contributed by atoms with Crippen molar-refractivity contribution >= 4 is 11.5 Å². The number of hydrogen-bond donors (Lipinski definition) is 0. The van der Waals surface area contributed by atoms with Crippen molar-refractivity contribution in [2.24, 2.45) is 0 Å². The molecule has 1 heterocycles. The van der Waals surface area contributed by atoms with Crippen molar-refractivity contribution in [2.45, 2.75) is 19.9 Å². The summed E-state index contributed by atoms with van der Waals surface area (Å²) < 4.78 is 0. The fourth-order valence-electron chi connectivity index (χ4n) is 2.39. The zero-order valence-electron chi connectivity index (χ0n) is 11.5. The van der Waals surface area contributed by atoms with Gasteiger partial charge in [0.2, 0.25) is 5.43 Å². The van der Waals surface area contributed by atoms with Crippen molar-refractivity contribution in [3.63, 3.8) is 0 Å². The van der Waals surface area contributed by atoms with E-state index in [0.717, 1.165) is 31.9 Å². The number of carbonyl (C=O) groups excluding carboxylic acids is 1. The van der Waals surface area contributed by atoms with Gasteiger partial charge in [-0.05, 0) is 26.0 Å². The van der Waals surface area contributed by atoms with Gasteiger partial charge in [-0.3, -0.25) is 14.5 Å². The lowest BCUT2D eigenvalue weighted by atomic mass is 10.1. The molecule has 0 saturated carbocycles. The van der Waals surface area contributed by atoms with E-state index < -0.39 is 0 Å². The van der Waals surface area contributed by atoms with E-state index in [1.165, 1.54) is 0 Å². The number of ketones is 1. The smallest absolute Gasteiger partial charge is 0.201 e. The number of anilines is 1. The second kappa shape index (κ2) is 5.97. The van der Waals surface area contributed by atoms with Crippen LogP contribution in [-0.2, 0) is 4.79 Å². The van der Waals surface area contributed by atoms with Gasteiger partial charge in [-0.1, -0.05) is 18.2 Å². The van der Waals surface area contributed by atoms with Crippen molar-refractivity contribution in [1.82, 2.24) is 4.90 Å². The van der Waals surface area contributed by atoms with E-state index in [1.54, 1.807) is 19.1 Å². The third-order valence-electron chi connectivity index (χ3n) is 3.77. The third kappa shape index (κ3) is 3.20. The topological polar surface area (TPSA) is 40.6 Å². The summed E-state index contributed by atoms with van der Waals surface area (Å²) in [5.41, 5.74) is 0.804. The number of hydrogen-bond acceptors (Lipinski definition) is 4. The maximum absolute atomic E-state index is 11.9. The molecule has 0 aromatic heterocycles. The zero-order chi connectivity index (χ0) is 13.8. The highest BCUT2D eigenvalue weighted by Gasteiger charge is 2.23. The summed E-state index contributed by atoms with van der Waals surface area (Å²) in [6, 6.07) is 8.95. The highest BCUT2D eigenvalue weighted by molar-refractivity contribution is 5.81. The van der Waals surface area contributed by atoms with Crippen molar-refractivity contribution in [2.75, 3.05) is 31.1 Å². The van der Waals surface area contributed by atoms with Crippen molar-refractivity contribution < 1.29 is 4.79 Å². The molecule has 0 bridgehead atoms. The van der Waals surface area contributed by atoms with Crippen LogP contribution in [0.3, 0.4) is 0 Å². The molecular formula is C15H20N2O2. The molecule has 1 aliphatic heterocycles. The Kier molecular flexibility index (Phi) is 4.32. The molecule has 1 aromatic rings. The lowest BCUT2D eigenvalue weighted by Gasteiger charge is -2.37. The van der Waals surface area contributed by atoms with Gasteiger partial charge in [-0.2, -0.15) is 0 Å². The Hall–Kier alpha value is -1.68. The molecule has 4 heteroatoms. The summed E-state index contributed by atoms with van der Waals surface area (Å²) in [7, 11) is 0. The summed E-state index contributed by atoms with van der Waals surface area (Å²) in [4.78, 5) is 27.6. The van der Waals surface area contributed by atoms with Gasteiger partial charge in [0.05, 0.1) is 11.7 Å². The predicted molar refractivity (Wildman–Crippen MR) is 76.6 cm³/mol. The first-order chi connectivity index (χ1) is 9.09. The highest BCUT2D eigenvalue weighted by Crippen LogP contribution is 2.13. The molecule has 2 rings (SSSR count). The Labute approximate surface area is 113 Å². The molecule has 0 spiro atoms. The second-order valence-corrected chi connectivity index (χ2v) is 4.97. The Morgan fingerprint density at radius 1 is 1.11 bits per heavy atom. The van der Waals surface area contributed by atoms with Crippen LogP contribution in [0.1, 0.15) is 13.8 Å². The predicted octanol–water partition coefficient (Wildman–Crippen LogP) is 1.15. The fourth-order valence-corrected chi connectivity index (χ4v) is 2.39. The third-order valence-corrected chi connectivity index (χ3v) is 3.77. The second-order valence-electron chi connectivity index (χ2n) is 4.97. The van der Waals surface area contributed by atoms with Gasteiger partial charge in [0.15, 0.2) is 0 Å². The average Bonchev–Trinajstić information content (AvgIpc) is 2.63. The van der Waals surface area contributed by atoms with Crippen LogP contribution in [-0.4, -0.2) is 42.9 Å². The van der Waals surface area contributed by atoms with Gasteiger partial charge in [0, 0.05) is 26.2 Å². The van der Waals surface area contributed by atoms with Crippen LogP contribution in [0.4, 0.5) is 5.69 Å². The lowest BCUT2D eigenvalue weighted by Crippen LogP contribution is -2.52. The molecule has 0 N–H and O–H groups in total. The Morgan fingerprint density at radius 3 is 2.37 bits per heavy atom. The average molecular weight is 260 g/mol. The van der Waals surface area contributed by atoms with Gasteiger partial charge in [0.25, 0.3) is 0 Å². The number of Topliss-reactive ketones (excluding diaryl/α,β-unsaturated/α-hetero) is 1. The molecule has 1 unspecified atom stereocenters. The largest absolute Gasteiger partial charge is 0.366 e. The summed E-state index contributed by atoms with van der Waals surface area (Å²) in [6.45, 7) is 6.79. The van der Waals surface area contributed by atoms with E-state index in [4.69, 9.17) is 0 Å². The molecule has 102 valence electrons. The molecule has 0 amide bonds. The van der Waals surface area contributed by atoms with E-state index in [9.17, 15) is 9.59 Å². The molecular weight excluding hydrogens is 240 g/mol. The number of rotatable bonds is 3. The summed E-state index contributed by atoms with van der Waals surface area (Å²) in [6.07, 6.45) is 0. The minimum atomic E-state index is -0.0271. The quantitative estimate of drug-likeness (QED) is 0.817. The molecule has 1 aliphatic rings. The number of nitrogens with zero attached hydrogens (tertiary/aromatic N) is 2. The van der Waals surface area contributed by atoms with Crippen LogP contribution in [0.2, 0.25) is 0 Å². The van der Waals surface area contributed by atoms with Crippen LogP contribution in [0.25, 0.3) is 0 Å². The van der Waals surface area contributed by atoms with Crippen molar-refractivity contribution in [1.29, 1.82) is 0 Å².